The number of aryl methyl sites for hydroxylation is 1. The summed E-state index contributed by atoms with van der Waals surface area (Å²) in [6.07, 6.45) is 9.71. The van der Waals surface area contributed by atoms with Crippen LogP contribution in [0.4, 0.5) is 0 Å². The van der Waals surface area contributed by atoms with Gasteiger partial charge >= 0.3 is 0 Å². The van der Waals surface area contributed by atoms with E-state index < -0.39 is 0 Å². The fraction of sp³-hybridized carbons (Fsp3) is 0.733. The van der Waals surface area contributed by atoms with Crippen molar-refractivity contribution in [3.63, 3.8) is 0 Å². The third-order valence-electron chi connectivity index (χ3n) is 3.08. The Morgan fingerprint density at radius 1 is 1.19 bits per heavy atom. The molecule has 21 heavy (non-hydrogen) atoms. The first-order valence-corrected chi connectivity index (χ1v) is 11.6. The molecule has 2 rings (SSSR count). The first-order valence-electron chi connectivity index (χ1n) is 7.55. The van der Waals surface area contributed by atoms with Crippen molar-refractivity contribution >= 4 is 28.5 Å². The number of hydrogen-bond acceptors (Lipinski definition) is 4. The molecule has 6 heteroatoms. The van der Waals surface area contributed by atoms with Crippen molar-refractivity contribution in [2.24, 2.45) is 5.92 Å². The third kappa shape index (κ3) is 12.4. The van der Waals surface area contributed by atoms with Crippen molar-refractivity contribution in [2.45, 2.75) is 46.0 Å². The highest BCUT2D eigenvalue weighted by Crippen LogP contribution is 2.26. The monoisotopic (exact) mass is 424 g/mol. The quantitative estimate of drug-likeness (QED) is 0.333. The molecule has 1 aliphatic rings. The highest BCUT2D eigenvalue weighted by molar-refractivity contribution is 14.2. The zero-order valence-corrected chi connectivity index (χ0v) is 16.1. The van der Waals surface area contributed by atoms with Gasteiger partial charge in [-0.1, -0.05) is 19.8 Å². The number of aromatic nitrogens is 2. The Labute approximate surface area is 143 Å². The van der Waals surface area contributed by atoms with E-state index in [0.717, 1.165) is 56.4 Å². The predicted molar refractivity (Wildman–Crippen MR) is 97.2 cm³/mol. The first kappa shape index (κ1) is 19.2. The minimum atomic E-state index is 0.565. The number of halogens is 1. The van der Waals surface area contributed by atoms with Crippen molar-refractivity contribution in [1.29, 1.82) is 0 Å². The molecule has 120 valence electrons. The Bertz CT molecular complexity index is 361. The summed E-state index contributed by atoms with van der Waals surface area (Å²) in [4.78, 5) is 8.29. The summed E-state index contributed by atoms with van der Waals surface area (Å²) in [7, 11) is 0. The lowest BCUT2D eigenvalue weighted by Crippen LogP contribution is -2.02. The molecule has 1 unspecified atom stereocenters. The van der Waals surface area contributed by atoms with Crippen LogP contribution in [0.3, 0.4) is 0 Å². The van der Waals surface area contributed by atoms with E-state index in [2.05, 4.69) is 38.9 Å². The molecule has 0 aromatic carbocycles. The summed E-state index contributed by atoms with van der Waals surface area (Å²) >= 11 is 2.23. The second kappa shape index (κ2) is 12.7. The zero-order valence-electron chi connectivity index (χ0n) is 13.0. The molecule has 1 aliphatic carbocycles. The molecule has 4 nitrogen and oxygen atoms in total. The van der Waals surface area contributed by atoms with E-state index in [1.807, 2.05) is 19.3 Å². The molecule has 0 bridgehead atoms. The van der Waals surface area contributed by atoms with Gasteiger partial charge in [-0.2, -0.15) is 0 Å². The van der Waals surface area contributed by atoms with Gasteiger partial charge in [-0.3, -0.25) is 0 Å². The van der Waals surface area contributed by atoms with E-state index in [0.29, 0.717) is 6.45 Å². The summed E-state index contributed by atoms with van der Waals surface area (Å²) in [5, 5.41) is 0. The normalized spacial score (nSPS) is 14.2. The van der Waals surface area contributed by atoms with Crippen molar-refractivity contribution in [3.05, 3.63) is 23.8 Å². The molecular formula is C15H26IN2O2P. The van der Waals surface area contributed by atoms with Crippen molar-refractivity contribution in [3.8, 4) is 0 Å². The van der Waals surface area contributed by atoms with Gasteiger partial charge < -0.3 is 9.26 Å². The molecule has 1 aromatic rings. The Kier molecular flexibility index (Phi) is 11.6. The SMILES string of the molecule is CC1CC1.Cc1ncc(CCOCCCCOPI)cn1. The highest BCUT2D eigenvalue weighted by Gasteiger charge is 2.12. The van der Waals surface area contributed by atoms with Crippen LogP contribution in [0.1, 0.15) is 44.0 Å². The number of unbranched alkanes of at least 4 members (excludes halogenated alkanes) is 1. The molecule has 1 heterocycles. The summed E-state index contributed by atoms with van der Waals surface area (Å²) < 4.78 is 10.8. The number of nitrogens with zero attached hydrogens (tertiary/aromatic N) is 2. The minimum absolute atomic E-state index is 0.565. The Balaban J connectivity index is 0.000000471. The second-order valence-corrected chi connectivity index (χ2v) is 7.08. The van der Waals surface area contributed by atoms with Crippen LogP contribution >= 0.6 is 28.5 Å². The molecular weight excluding hydrogens is 398 g/mol. The van der Waals surface area contributed by atoms with Gasteiger partial charge in [0.25, 0.3) is 0 Å². The van der Waals surface area contributed by atoms with Crippen LogP contribution in [0.2, 0.25) is 0 Å². The zero-order chi connectivity index (χ0) is 15.3. The smallest absolute Gasteiger partial charge is 0.125 e. The molecule has 0 N–H and O–H groups in total. The van der Waals surface area contributed by atoms with Gasteiger partial charge in [-0.05, 0) is 59.7 Å². The van der Waals surface area contributed by atoms with Crippen molar-refractivity contribution in [1.82, 2.24) is 9.97 Å². The van der Waals surface area contributed by atoms with E-state index in [1.54, 1.807) is 0 Å². The van der Waals surface area contributed by atoms with Gasteiger partial charge in [0.1, 0.15) is 5.82 Å². The standard InChI is InChI=1S/C11H18IN2O2P.C4H8/c1-10-13-8-11(9-14-10)4-7-15-5-2-3-6-16-17-12;1-4-2-3-4/h8-9,17H,2-7H2,1H3;4H,2-3H2,1H3. The average molecular weight is 424 g/mol. The van der Waals surface area contributed by atoms with Gasteiger partial charge in [0.05, 0.1) is 19.7 Å². The van der Waals surface area contributed by atoms with Gasteiger partial charge in [0.15, 0.2) is 0 Å². The maximum Gasteiger partial charge on any atom is 0.125 e. The van der Waals surface area contributed by atoms with E-state index in [9.17, 15) is 0 Å². The number of ether oxygens (including phenoxy) is 1. The van der Waals surface area contributed by atoms with Crippen LogP contribution in [-0.4, -0.2) is 29.8 Å². The van der Waals surface area contributed by atoms with E-state index in [1.165, 1.54) is 12.8 Å². The Morgan fingerprint density at radius 3 is 2.38 bits per heavy atom. The molecule has 0 radical (unpaired) electrons. The largest absolute Gasteiger partial charge is 0.381 e. The van der Waals surface area contributed by atoms with Crippen LogP contribution in [0, 0.1) is 12.8 Å². The fourth-order valence-electron chi connectivity index (χ4n) is 1.42. The molecule has 0 aliphatic heterocycles. The van der Waals surface area contributed by atoms with Gasteiger partial charge in [-0.15, -0.1) is 0 Å². The van der Waals surface area contributed by atoms with Crippen LogP contribution in [0.5, 0.6) is 0 Å². The first-order chi connectivity index (χ1) is 10.2. The minimum Gasteiger partial charge on any atom is -0.381 e. The molecule has 1 aromatic heterocycles. The lowest BCUT2D eigenvalue weighted by atomic mass is 10.2. The van der Waals surface area contributed by atoms with Crippen LogP contribution in [0.25, 0.3) is 0 Å². The van der Waals surface area contributed by atoms with Crippen LogP contribution < -0.4 is 0 Å². The van der Waals surface area contributed by atoms with Crippen LogP contribution in [0.15, 0.2) is 12.4 Å². The average Bonchev–Trinajstić information content (AvgIpc) is 3.27. The van der Waals surface area contributed by atoms with E-state index >= 15 is 0 Å². The lowest BCUT2D eigenvalue weighted by Gasteiger charge is -2.04. The molecule has 0 amide bonds. The summed E-state index contributed by atoms with van der Waals surface area (Å²) in [5.41, 5.74) is 1.13. The molecule has 1 saturated carbocycles. The van der Waals surface area contributed by atoms with Gasteiger partial charge in [-0.25, -0.2) is 9.97 Å². The molecule has 1 fully saturated rings. The molecule has 1 atom stereocenters. The second-order valence-electron chi connectivity index (χ2n) is 5.32. The summed E-state index contributed by atoms with van der Waals surface area (Å²) in [6, 6.07) is 0. The molecule has 0 saturated heterocycles. The number of rotatable bonds is 9. The maximum atomic E-state index is 5.54. The Morgan fingerprint density at radius 2 is 1.81 bits per heavy atom. The lowest BCUT2D eigenvalue weighted by molar-refractivity contribution is 0.130. The molecule has 0 spiro atoms. The van der Waals surface area contributed by atoms with Crippen molar-refractivity contribution in [2.75, 3.05) is 19.8 Å². The topological polar surface area (TPSA) is 44.2 Å². The Hall–Kier alpha value is 0.160. The van der Waals surface area contributed by atoms with Gasteiger partial charge in [0.2, 0.25) is 0 Å². The summed E-state index contributed by atoms with van der Waals surface area (Å²) in [6.45, 7) is 7.12. The van der Waals surface area contributed by atoms with Gasteiger partial charge in [0, 0.05) is 19.0 Å². The van der Waals surface area contributed by atoms with Crippen molar-refractivity contribution < 1.29 is 9.26 Å². The third-order valence-corrected chi connectivity index (χ3v) is 4.32. The van der Waals surface area contributed by atoms with E-state index in [4.69, 9.17) is 9.26 Å². The fourth-order valence-corrected chi connectivity index (χ4v) is 2.31. The number of hydrogen-bond donors (Lipinski definition) is 0. The highest BCUT2D eigenvalue weighted by atomic mass is 127. The maximum absolute atomic E-state index is 5.54. The predicted octanol–water partition coefficient (Wildman–Crippen LogP) is 4.50. The van der Waals surface area contributed by atoms with Crippen LogP contribution in [-0.2, 0) is 15.7 Å². The van der Waals surface area contributed by atoms with E-state index in [-0.39, 0.29) is 0 Å². The summed E-state index contributed by atoms with van der Waals surface area (Å²) in [5.74, 6) is 1.89.